The van der Waals surface area contributed by atoms with Gasteiger partial charge in [0.1, 0.15) is 11.8 Å². The number of benzene rings is 1. The van der Waals surface area contributed by atoms with E-state index in [4.69, 9.17) is 15.2 Å². The van der Waals surface area contributed by atoms with Crippen molar-refractivity contribution in [2.45, 2.75) is 32.6 Å². The summed E-state index contributed by atoms with van der Waals surface area (Å²) in [6, 6.07) is 2.64. The third-order valence-corrected chi connectivity index (χ3v) is 3.36. The van der Waals surface area contributed by atoms with Crippen molar-refractivity contribution in [1.29, 1.82) is 0 Å². The van der Waals surface area contributed by atoms with E-state index in [0.29, 0.717) is 11.1 Å². The molecule has 0 saturated heterocycles. The van der Waals surface area contributed by atoms with Crippen molar-refractivity contribution in [2.24, 2.45) is 5.73 Å². The molecular formula is C16H24ClF3N2O3. The standard InChI is InChI=1S/C16H23F3N2O3.ClH/c1-10-5-12(7-21(3)15(22)13(20)8-23-4)6-11(2)14(10)24-9-16(17,18)19;/h5-6,13H,7-9,20H2,1-4H3;1H. The normalized spacial score (nSPS) is 12.3. The summed E-state index contributed by atoms with van der Waals surface area (Å²) in [5.41, 5.74) is 7.65. The molecule has 0 fully saturated rings. The summed E-state index contributed by atoms with van der Waals surface area (Å²) < 4.78 is 46.6. The Morgan fingerprint density at radius 1 is 1.28 bits per heavy atom. The number of nitrogens with zero attached hydrogens (tertiary/aromatic N) is 1. The summed E-state index contributed by atoms with van der Waals surface area (Å²) >= 11 is 0. The van der Waals surface area contributed by atoms with Crippen molar-refractivity contribution >= 4 is 18.3 Å². The van der Waals surface area contributed by atoms with Crippen LogP contribution in [0.3, 0.4) is 0 Å². The molecule has 1 atom stereocenters. The van der Waals surface area contributed by atoms with Crippen LogP contribution in [0.4, 0.5) is 13.2 Å². The number of hydrogen-bond donors (Lipinski definition) is 1. The Hall–Kier alpha value is -1.51. The first kappa shape index (κ1) is 23.5. The molecule has 9 heteroatoms. The number of rotatable bonds is 7. The first-order valence-electron chi connectivity index (χ1n) is 7.34. The SMILES string of the molecule is COCC(N)C(=O)N(C)Cc1cc(C)c(OCC(F)(F)F)c(C)c1.Cl. The Kier molecular flexibility index (Phi) is 9.24. The maximum Gasteiger partial charge on any atom is 0.422 e. The molecule has 0 aliphatic carbocycles. The maximum absolute atomic E-state index is 12.3. The molecule has 25 heavy (non-hydrogen) atoms. The molecule has 5 nitrogen and oxygen atoms in total. The second-order valence-electron chi connectivity index (χ2n) is 5.72. The van der Waals surface area contributed by atoms with Crippen LogP contribution in [0.25, 0.3) is 0 Å². The highest BCUT2D eigenvalue weighted by atomic mass is 35.5. The van der Waals surface area contributed by atoms with Gasteiger partial charge in [0.15, 0.2) is 6.61 Å². The highest BCUT2D eigenvalue weighted by Gasteiger charge is 2.29. The number of alkyl halides is 3. The fourth-order valence-corrected chi connectivity index (χ4v) is 2.40. The van der Waals surface area contributed by atoms with Gasteiger partial charge in [-0.25, -0.2) is 0 Å². The van der Waals surface area contributed by atoms with Gasteiger partial charge < -0.3 is 20.1 Å². The number of ether oxygens (including phenoxy) is 2. The van der Waals surface area contributed by atoms with Crippen LogP contribution in [0, 0.1) is 13.8 Å². The summed E-state index contributed by atoms with van der Waals surface area (Å²) in [6.45, 7) is 2.41. The van der Waals surface area contributed by atoms with E-state index in [2.05, 4.69) is 0 Å². The van der Waals surface area contributed by atoms with E-state index in [0.717, 1.165) is 5.56 Å². The maximum atomic E-state index is 12.3. The largest absolute Gasteiger partial charge is 0.484 e. The van der Waals surface area contributed by atoms with E-state index in [1.54, 1.807) is 33.0 Å². The van der Waals surface area contributed by atoms with E-state index in [1.165, 1.54) is 12.0 Å². The lowest BCUT2D eigenvalue weighted by molar-refractivity contribution is -0.153. The number of halogens is 4. The average molecular weight is 385 g/mol. The summed E-state index contributed by atoms with van der Waals surface area (Å²) in [6.07, 6.45) is -4.39. The zero-order valence-electron chi connectivity index (χ0n) is 14.6. The molecule has 0 aliphatic rings. The monoisotopic (exact) mass is 384 g/mol. The van der Waals surface area contributed by atoms with Crippen molar-refractivity contribution in [3.63, 3.8) is 0 Å². The number of amides is 1. The van der Waals surface area contributed by atoms with Gasteiger partial charge in [-0.1, -0.05) is 12.1 Å². The second kappa shape index (κ2) is 9.84. The van der Waals surface area contributed by atoms with Crippen LogP contribution in [0.1, 0.15) is 16.7 Å². The average Bonchev–Trinajstić information content (AvgIpc) is 2.44. The number of nitrogens with two attached hydrogens (primary N) is 1. The first-order chi connectivity index (χ1) is 11.0. The minimum Gasteiger partial charge on any atom is -0.484 e. The smallest absolute Gasteiger partial charge is 0.422 e. The van der Waals surface area contributed by atoms with Gasteiger partial charge in [0.25, 0.3) is 0 Å². The molecule has 1 unspecified atom stereocenters. The molecule has 1 amide bonds. The summed E-state index contributed by atoms with van der Waals surface area (Å²) in [5.74, 6) is -0.0642. The van der Waals surface area contributed by atoms with Gasteiger partial charge in [-0.15, -0.1) is 12.4 Å². The zero-order valence-corrected chi connectivity index (χ0v) is 15.5. The third-order valence-electron chi connectivity index (χ3n) is 3.36. The van der Waals surface area contributed by atoms with Gasteiger partial charge in [-0.3, -0.25) is 4.79 Å². The van der Waals surface area contributed by atoms with E-state index in [9.17, 15) is 18.0 Å². The van der Waals surface area contributed by atoms with Crippen LogP contribution in [0.5, 0.6) is 5.75 Å². The third kappa shape index (κ3) is 7.50. The molecular weight excluding hydrogens is 361 g/mol. The van der Waals surface area contributed by atoms with Gasteiger partial charge in [-0.2, -0.15) is 13.2 Å². The Morgan fingerprint density at radius 3 is 2.24 bits per heavy atom. The van der Waals surface area contributed by atoms with Gasteiger partial charge in [0.05, 0.1) is 6.61 Å². The number of carbonyl (C=O) groups excluding carboxylic acids is 1. The van der Waals surface area contributed by atoms with Gasteiger partial charge >= 0.3 is 6.18 Å². The molecule has 144 valence electrons. The molecule has 0 spiro atoms. The summed E-state index contributed by atoms with van der Waals surface area (Å²) in [5, 5.41) is 0. The highest BCUT2D eigenvalue weighted by molar-refractivity contribution is 5.85. The van der Waals surface area contributed by atoms with Crippen molar-refractivity contribution < 1.29 is 27.4 Å². The molecule has 1 aromatic carbocycles. The minimum atomic E-state index is -4.39. The van der Waals surface area contributed by atoms with Crippen molar-refractivity contribution in [3.8, 4) is 5.75 Å². The Balaban J connectivity index is 0.00000576. The van der Waals surface area contributed by atoms with Crippen molar-refractivity contribution in [1.82, 2.24) is 4.90 Å². The number of aryl methyl sites for hydroxylation is 2. The molecule has 0 radical (unpaired) electrons. The number of carbonyl (C=O) groups is 1. The number of likely N-dealkylation sites (N-methyl/N-ethyl adjacent to an activating group) is 1. The quantitative estimate of drug-likeness (QED) is 0.784. The van der Waals surface area contributed by atoms with Crippen LogP contribution in [0.2, 0.25) is 0 Å². The molecule has 0 aliphatic heterocycles. The second-order valence-corrected chi connectivity index (χ2v) is 5.72. The molecule has 1 rings (SSSR count). The number of hydrogen-bond acceptors (Lipinski definition) is 4. The van der Waals surface area contributed by atoms with Gasteiger partial charge in [0.2, 0.25) is 5.91 Å². The van der Waals surface area contributed by atoms with Crippen molar-refractivity contribution in [3.05, 3.63) is 28.8 Å². The van der Waals surface area contributed by atoms with Crippen LogP contribution in [0.15, 0.2) is 12.1 Å². The molecule has 1 aromatic rings. The van der Waals surface area contributed by atoms with Gasteiger partial charge in [0, 0.05) is 20.7 Å². The van der Waals surface area contributed by atoms with E-state index < -0.39 is 18.8 Å². The van der Waals surface area contributed by atoms with E-state index >= 15 is 0 Å². The van der Waals surface area contributed by atoms with Crippen molar-refractivity contribution in [2.75, 3.05) is 27.4 Å². The predicted molar refractivity (Wildman–Crippen MR) is 91.0 cm³/mol. The lowest BCUT2D eigenvalue weighted by Crippen LogP contribution is -2.44. The fraction of sp³-hybridized carbons (Fsp3) is 0.562. The topological polar surface area (TPSA) is 64.8 Å². The van der Waals surface area contributed by atoms with Crippen LogP contribution in [-0.4, -0.2) is 50.4 Å². The van der Waals surface area contributed by atoms with E-state index in [1.807, 2.05) is 0 Å². The molecule has 2 N–H and O–H groups in total. The zero-order chi connectivity index (χ0) is 18.5. The lowest BCUT2D eigenvalue weighted by atomic mass is 10.0. The number of methoxy groups -OCH3 is 1. The fourth-order valence-electron chi connectivity index (χ4n) is 2.40. The summed E-state index contributed by atoms with van der Waals surface area (Å²) in [4.78, 5) is 13.5. The van der Waals surface area contributed by atoms with Crippen LogP contribution >= 0.6 is 12.4 Å². The summed E-state index contributed by atoms with van der Waals surface area (Å²) in [7, 11) is 3.07. The molecule has 0 heterocycles. The Labute approximate surface area is 151 Å². The predicted octanol–water partition coefficient (Wildman–Crippen LogP) is 2.60. The van der Waals surface area contributed by atoms with Gasteiger partial charge in [-0.05, 0) is 30.5 Å². The molecule has 0 bridgehead atoms. The minimum absolute atomic E-state index is 0. The lowest BCUT2D eigenvalue weighted by Gasteiger charge is -2.22. The Morgan fingerprint density at radius 2 is 1.80 bits per heavy atom. The highest BCUT2D eigenvalue weighted by Crippen LogP contribution is 2.27. The molecule has 0 aromatic heterocycles. The van der Waals surface area contributed by atoms with E-state index in [-0.39, 0.29) is 37.2 Å². The Bertz CT molecular complexity index is 559. The first-order valence-corrected chi connectivity index (χ1v) is 7.34. The van der Waals surface area contributed by atoms with Crippen LogP contribution in [-0.2, 0) is 16.1 Å². The molecule has 0 saturated carbocycles. The van der Waals surface area contributed by atoms with Crippen LogP contribution < -0.4 is 10.5 Å².